The van der Waals surface area contributed by atoms with Crippen LogP contribution in [0.15, 0.2) is 84.9 Å². The first-order valence-electron chi connectivity index (χ1n) is 13.2. The molecular formula is C31H37ClN2O6. The molecule has 0 saturated carbocycles. The molecule has 0 aliphatic rings. The molecule has 0 aliphatic heterocycles. The third-order valence-corrected chi connectivity index (χ3v) is 5.99. The van der Waals surface area contributed by atoms with Crippen molar-refractivity contribution in [2.75, 3.05) is 6.54 Å². The summed E-state index contributed by atoms with van der Waals surface area (Å²) in [6.45, 7) is 2.75. The summed E-state index contributed by atoms with van der Waals surface area (Å²) in [6.07, 6.45) is 1.96. The van der Waals surface area contributed by atoms with Gasteiger partial charge in [-0.15, -0.1) is 0 Å². The van der Waals surface area contributed by atoms with Crippen LogP contribution < -0.4 is 28.2 Å². The lowest BCUT2D eigenvalue weighted by molar-refractivity contribution is -0.403. The van der Waals surface area contributed by atoms with E-state index in [4.69, 9.17) is 14.2 Å². The molecule has 40 heavy (non-hydrogen) atoms. The number of nitrogens with one attached hydrogen (secondary N) is 1. The molecule has 1 atom stereocenters. The maximum Gasteiger partial charge on any atom is 0.359 e. The number of halogens is 1. The van der Waals surface area contributed by atoms with Crippen LogP contribution >= 0.6 is 0 Å². The second-order valence-electron chi connectivity index (χ2n) is 9.23. The molecule has 4 N–H and O–H groups in total. The Morgan fingerprint density at radius 1 is 0.750 bits per heavy atom. The van der Waals surface area contributed by atoms with E-state index < -0.39 is 24.1 Å². The van der Waals surface area contributed by atoms with Gasteiger partial charge in [-0.3, -0.25) is 4.79 Å². The second kappa shape index (κ2) is 17.7. The van der Waals surface area contributed by atoms with Gasteiger partial charge >= 0.3 is 11.9 Å². The van der Waals surface area contributed by atoms with Gasteiger partial charge in [0.25, 0.3) is 12.0 Å². The molecule has 8 nitrogen and oxygen atoms in total. The summed E-state index contributed by atoms with van der Waals surface area (Å²) in [5.41, 5.74) is 6.41. The standard InChI is InChI=1S/C31H36N2O6.ClH/c1-2-3-10-19-33-29(34)27(32)20-23-15-17-26(18-16-23)39-28(30(35)37-21-24-11-6-4-7-12-24)31(36)38-22-25-13-8-5-9-14-25;/h4-9,11-18,27-28H,2-3,10,19-22,32H2,1H3,(H,33,34);1H/t27-;/m0./s1. The zero-order valence-electron chi connectivity index (χ0n) is 22.7. The maximum atomic E-state index is 12.9. The van der Waals surface area contributed by atoms with Gasteiger partial charge in [0.2, 0.25) is 0 Å². The van der Waals surface area contributed by atoms with Crippen LogP contribution in [0.5, 0.6) is 5.75 Å². The number of hydrogen-bond acceptors (Lipinski definition) is 6. The van der Waals surface area contributed by atoms with Gasteiger partial charge in [0.1, 0.15) is 19.0 Å². The summed E-state index contributed by atoms with van der Waals surface area (Å²) in [6, 6.07) is 24.7. The summed E-state index contributed by atoms with van der Waals surface area (Å²) >= 11 is 0. The zero-order chi connectivity index (χ0) is 27.9. The Kier molecular flexibility index (Phi) is 14.3. The van der Waals surface area contributed by atoms with Gasteiger partial charge in [-0.2, -0.15) is 0 Å². The lowest BCUT2D eigenvalue weighted by atomic mass is 10.1. The number of hydrogen-bond donors (Lipinski definition) is 2. The minimum absolute atomic E-state index is 0. The van der Waals surface area contributed by atoms with E-state index in [1.165, 1.54) is 0 Å². The Morgan fingerprint density at radius 2 is 1.27 bits per heavy atom. The highest BCUT2D eigenvalue weighted by Gasteiger charge is 2.32. The Labute approximate surface area is 241 Å². The van der Waals surface area contributed by atoms with Crippen LogP contribution in [0.4, 0.5) is 0 Å². The molecule has 0 radical (unpaired) electrons. The van der Waals surface area contributed by atoms with Crippen LogP contribution in [0.1, 0.15) is 42.9 Å². The van der Waals surface area contributed by atoms with E-state index in [1.807, 2.05) is 60.7 Å². The van der Waals surface area contributed by atoms with Crippen LogP contribution in [0, 0.1) is 0 Å². The maximum absolute atomic E-state index is 12.9. The van der Waals surface area contributed by atoms with Crippen molar-refractivity contribution in [3.63, 3.8) is 0 Å². The lowest BCUT2D eigenvalue weighted by Gasteiger charge is -2.17. The predicted molar refractivity (Wildman–Crippen MR) is 146 cm³/mol. The molecule has 9 heteroatoms. The van der Waals surface area contributed by atoms with Gasteiger partial charge in [-0.1, -0.05) is 92.6 Å². The zero-order valence-corrected chi connectivity index (χ0v) is 23.5. The third-order valence-electron chi connectivity index (χ3n) is 5.99. The Hall–Kier alpha value is -3.88. The molecule has 0 unspecified atom stereocenters. The molecule has 3 aromatic rings. The van der Waals surface area contributed by atoms with Crippen LogP contribution in [-0.4, -0.2) is 36.5 Å². The smallest absolute Gasteiger partial charge is 0.359 e. The number of carbonyl (C=O) groups is 3. The number of quaternary nitrogens is 1. The van der Waals surface area contributed by atoms with Gasteiger partial charge < -0.3 is 37.7 Å². The Balaban J connectivity index is 0.00000560. The lowest BCUT2D eigenvalue weighted by Crippen LogP contribution is -3.00. The molecule has 0 aromatic heterocycles. The normalized spacial score (nSPS) is 11.2. The number of ether oxygens (including phenoxy) is 3. The number of benzene rings is 3. The topological polar surface area (TPSA) is 119 Å². The molecule has 0 fully saturated rings. The van der Waals surface area contributed by atoms with Crippen molar-refractivity contribution in [1.29, 1.82) is 0 Å². The van der Waals surface area contributed by atoms with Crippen molar-refractivity contribution in [3.05, 3.63) is 102 Å². The largest absolute Gasteiger partial charge is 1.00 e. The summed E-state index contributed by atoms with van der Waals surface area (Å²) < 4.78 is 16.5. The van der Waals surface area contributed by atoms with E-state index in [2.05, 4.69) is 18.0 Å². The van der Waals surface area contributed by atoms with Crippen molar-refractivity contribution >= 4 is 17.8 Å². The van der Waals surface area contributed by atoms with Crippen molar-refractivity contribution in [2.24, 2.45) is 0 Å². The second-order valence-corrected chi connectivity index (χ2v) is 9.23. The molecule has 3 rings (SSSR count). The van der Waals surface area contributed by atoms with Gasteiger partial charge in [-0.25, -0.2) is 9.59 Å². The minimum Gasteiger partial charge on any atom is -1.00 e. The van der Waals surface area contributed by atoms with Crippen LogP contribution in [0.3, 0.4) is 0 Å². The fourth-order valence-corrected chi connectivity index (χ4v) is 3.75. The highest BCUT2D eigenvalue weighted by atomic mass is 35.5. The van der Waals surface area contributed by atoms with Gasteiger partial charge in [-0.05, 0) is 35.2 Å². The fraction of sp³-hybridized carbons (Fsp3) is 0.323. The highest BCUT2D eigenvalue weighted by molar-refractivity contribution is 5.98. The number of rotatable bonds is 15. The number of unbranched alkanes of at least 4 members (excludes halogenated alkanes) is 2. The Morgan fingerprint density at radius 3 is 1.77 bits per heavy atom. The van der Waals surface area contributed by atoms with E-state index in [9.17, 15) is 14.4 Å². The SMILES string of the molecule is CCCCCNC(=O)[C@@H]([NH3+])Cc1ccc(OC(C(=O)OCc2ccccc2)C(=O)OCc2ccccc2)cc1.[Cl-]. The highest BCUT2D eigenvalue weighted by Crippen LogP contribution is 2.17. The van der Waals surface area contributed by atoms with Crippen LogP contribution in [0.25, 0.3) is 0 Å². The van der Waals surface area contributed by atoms with Gasteiger partial charge in [0.05, 0.1) is 0 Å². The van der Waals surface area contributed by atoms with E-state index in [1.54, 1.807) is 24.3 Å². The van der Waals surface area contributed by atoms with E-state index in [0.717, 1.165) is 36.0 Å². The summed E-state index contributed by atoms with van der Waals surface area (Å²) in [5, 5.41) is 2.92. The van der Waals surface area contributed by atoms with Crippen molar-refractivity contribution < 1.29 is 46.7 Å². The molecule has 1 amide bonds. The minimum atomic E-state index is -1.60. The van der Waals surface area contributed by atoms with Gasteiger partial charge in [0, 0.05) is 13.0 Å². The van der Waals surface area contributed by atoms with Gasteiger partial charge in [0.15, 0.2) is 6.04 Å². The first kappa shape index (κ1) is 32.3. The third kappa shape index (κ3) is 11.1. The monoisotopic (exact) mass is 568 g/mol. The van der Waals surface area contributed by atoms with Crippen molar-refractivity contribution in [3.8, 4) is 5.75 Å². The molecule has 3 aromatic carbocycles. The molecular weight excluding hydrogens is 532 g/mol. The molecule has 0 aliphatic carbocycles. The first-order chi connectivity index (χ1) is 19.0. The quantitative estimate of drug-likeness (QED) is 0.155. The molecule has 0 spiro atoms. The van der Waals surface area contributed by atoms with Crippen LogP contribution in [0.2, 0.25) is 0 Å². The predicted octanol–water partition coefficient (Wildman–Crippen LogP) is 0.384. The van der Waals surface area contributed by atoms with Crippen molar-refractivity contribution in [2.45, 2.75) is 58.0 Å². The summed E-state index contributed by atoms with van der Waals surface area (Å²) in [4.78, 5) is 38.1. The summed E-state index contributed by atoms with van der Waals surface area (Å²) in [7, 11) is 0. The van der Waals surface area contributed by atoms with E-state index in [0.29, 0.717) is 18.7 Å². The average molecular weight is 569 g/mol. The van der Waals surface area contributed by atoms with Crippen molar-refractivity contribution in [1.82, 2.24) is 5.32 Å². The summed E-state index contributed by atoms with van der Waals surface area (Å²) in [5.74, 6) is -1.49. The number of carbonyl (C=O) groups excluding carboxylic acids is 3. The Bertz CT molecular complexity index is 1120. The first-order valence-corrected chi connectivity index (χ1v) is 13.2. The number of amides is 1. The van der Waals surface area contributed by atoms with E-state index in [-0.39, 0.29) is 31.5 Å². The molecule has 214 valence electrons. The fourth-order valence-electron chi connectivity index (χ4n) is 3.75. The molecule has 0 saturated heterocycles. The average Bonchev–Trinajstić information content (AvgIpc) is 2.97. The van der Waals surface area contributed by atoms with E-state index >= 15 is 0 Å². The molecule has 0 heterocycles. The van der Waals surface area contributed by atoms with Crippen LogP contribution in [-0.2, 0) is 43.5 Å². The molecule has 0 bridgehead atoms. The number of esters is 2.